The van der Waals surface area contributed by atoms with Gasteiger partial charge in [-0.05, 0) is 12.8 Å². The summed E-state index contributed by atoms with van der Waals surface area (Å²) in [6.07, 6.45) is 0.292. The van der Waals surface area contributed by atoms with E-state index in [0.717, 1.165) is 32.1 Å². The van der Waals surface area contributed by atoms with Gasteiger partial charge in [0.05, 0.1) is 6.61 Å². The van der Waals surface area contributed by atoms with Crippen LogP contribution in [0.3, 0.4) is 0 Å². The Morgan fingerprint density at radius 1 is 1.21 bits per heavy atom. The van der Waals surface area contributed by atoms with E-state index in [-0.39, 0.29) is 6.04 Å². The second kappa shape index (κ2) is 4.98. The van der Waals surface area contributed by atoms with Crippen LogP contribution >= 0.6 is 0 Å². The summed E-state index contributed by atoms with van der Waals surface area (Å²) in [4.78, 5) is 0. The van der Waals surface area contributed by atoms with Gasteiger partial charge in [-0.25, -0.2) is 0 Å². The van der Waals surface area contributed by atoms with Crippen molar-refractivity contribution in [2.75, 3.05) is 6.61 Å². The molecule has 84 valence electrons. The molecule has 0 spiro atoms. The van der Waals surface area contributed by atoms with Gasteiger partial charge in [0.15, 0.2) is 0 Å². The monoisotopic (exact) mass is 211 g/mol. The highest BCUT2D eigenvalue weighted by atomic mass is 19.4. The lowest BCUT2D eigenvalue weighted by Crippen LogP contribution is -2.50. The number of aliphatic hydroxyl groups excluding tert-OH is 1. The Balaban J connectivity index is 2.39. The minimum atomic E-state index is -4.34. The number of alkyl halides is 3. The lowest BCUT2D eigenvalue weighted by Gasteiger charge is -2.28. The Morgan fingerprint density at radius 2 is 1.79 bits per heavy atom. The lowest BCUT2D eigenvalue weighted by molar-refractivity contribution is -0.166. The van der Waals surface area contributed by atoms with E-state index in [4.69, 9.17) is 5.11 Å². The fraction of sp³-hybridized carbons (Fsp3) is 1.00. The maximum Gasteiger partial charge on any atom is 0.406 e. The van der Waals surface area contributed by atoms with Gasteiger partial charge in [-0.3, -0.25) is 0 Å². The van der Waals surface area contributed by atoms with E-state index < -0.39 is 18.8 Å². The molecule has 1 unspecified atom stereocenters. The minimum absolute atomic E-state index is 0.0810. The van der Waals surface area contributed by atoms with Crippen molar-refractivity contribution in [2.24, 2.45) is 0 Å². The number of aliphatic hydroxyl groups is 1. The molecule has 1 aliphatic carbocycles. The van der Waals surface area contributed by atoms with Crippen molar-refractivity contribution >= 4 is 0 Å². The van der Waals surface area contributed by atoms with Crippen molar-refractivity contribution in [1.29, 1.82) is 0 Å². The largest absolute Gasteiger partial charge is 0.406 e. The Kier molecular flexibility index (Phi) is 4.19. The number of hydrogen-bond acceptors (Lipinski definition) is 2. The molecule has 1 saturated carbocycles. The smallest absolute Gasteiger partial charge is 0.394 e. The third kappa shape index (κ3) is 3.46. The molecule has 0 aliphatic heterocycles. The lowest BCUT2D eigenvalue weighted by atomic mass is 9.95. The van der Waals surface area contributed by atoms with Crippen LogP contribution in [0.25, 0.3) is 0 Å². The molecule has 5 heteroatoms. The molecular formula is C9H16F3NO. The van der Waals surface area contributed by atoms with Gasteiger partial charge in [-0.15, -0.1) is 0 Å². The highest BCUT2D eigenvalue weighted by Gasteiger charge is 2.40. The van der Waals surface area contributed by atoms with E-state index in [1.807, 2.05) is 0 Å². The van der Waals surface area contributed by atoms with Gasteiger partial charge < -0.3 is 10.4 Å². The first kappa shape index (κ1) is 11.8. The molecule has 0 bridgehead atoms. The fourth-order valence-electron chi connectivity index (χ4n) is 1.80. The maximum atomic E-state index is 12.3. The van der Waals surface area contributed by atoms with E-state index >= 15 is 0 Å². The summed E-state index contributed by atoms with van der Waals surface area (Å²) < 4.78 is 36.8. The SMILES string of the molecule is OCC(NC1CCCCC1)C(F)(F)F. The predicted octanol–water partition coefficient (Wildman–Crippen LogP) is 1.83. The van der Waals surface area contributed by atoms with E-state index in [1.54, 1.807) is 0 Å². The quantitative estimate of drug-likeness (QED) is 0.746. The average Bonchev–Trinajstić information content (AvgIpc) is 2.14. The number of hydrogen-bond donors (Lipinski definition) is 2. The van der Waals surface area contributed by atoms with Gasteiger partial charge in [-0.2, -0.15) is 13.2 Å². The molecule has 0 aromatic rings. The van der Waals surface area contributed by atoms with Gasteiger partial charge >= 0.3 is 6.18 Å². The fourth-order valence-corrected chi connectivity index (χ4v) is 1.80. The first-order chi connectivity index (χ1) is 6.54. The number of halogens is 3. The van der Waals surface area contributed by atoms with Gasteiger partial charge in [-0.1, -0.05) is 19.3 Å². The summed E-state index contributed by atoms with van der Waals surface area (Å²) >= 11 is 0. The van der Waals surface area contributed by atoms with Crippen molar-refractivity contribution in [2.45, 2.75) is 50.4 Å². The molecule has 0 radical (unpaired) electrons. The molecule has 1 fully saturated rings. The molecule has 1 rings (SSSR count). The zero-order valence-electron chi connectivity index (χ0n) is 7.98. The van der Waals surface area contributed by atoms with Crippen molar-refractivity contribution in [1.82, 2.24) is 5.32 Å². The second-order valence-corrected chi connectivity index (χ2v) is 3.78. The summed E-state index contributed by atoms with van der Waals surface area (Å²) in [5.74, 6) is 0. The van der Waals surface area contributed by atoms with Crippen molar-refractivity contribution < 1.29 is 18.3 Å². The first-order valence-electron chi connectivity index (χ1n) is 4.97. The summed E-state index contributed by atoms with van der Waals surface area (Å²) in [7, 11) is 0. The van der Waals surface area contributed by atoms with Crippen molar-refractivity contribution in [3.05, 3.63) is 0 Å². The Labute approximate surface area is 81.5 Å². The number of rotatable bonds is 3. The Hall–Kier alpha value is -0.290. The molecule has 2 nitrogen and oxygen atoms in total. The van der Waals surface area contributed by atoms with Crippen LogP contribution in [0, 0.1) is 0 Å². The topological polar surface area (TPSA) is 32.3 Å². The van der Waals surface area contributed by atoms with Gasteiger partial charge in [0.1, 0.15) is 6.04 Å². The summed E-state index contributed by atoms with van der Waals surface area (Å²) in [6.45, 7) is -0.875. The summed E-state index contributed by atoms with van der Waals surface area (Å²) in [5.41, 5.74) is 0. The summed E-state index contributed by atoms with van der Waals surface area (Å²) in [5, 5.41) is 11.1. The molecule has 1 atom stereocenters. The molecule has 0 saturated heterocycles. The highest BCUT2D eigenvalue weighted by Crippen LogP contribution is 2.23. The van der Waals surface area contributed by atoms with Crippen LogP contribution in [0.15, 0.2) is 0 Å². The van der Waals surface area contributed by atoms with Crippen LogP contribution < -0.4 is 5.32 Å². The Bertz CT molecular complexity index is 166. The molecule has 0 aromatic heterocycles. The van der Waals surface area contributed by atoms with Crippen molar-refractivity contribution in [3.8, 4) is 0 Å². The van der Waals surface area contributed by atoms with E-state index in [0.29, 0.717) is 0 Å². The van der Waals surface area contributed by atoms with Crippen LogP contribution in [0.5, 0.6) is 0 Å². The van der Waals surface area contributed by atoms with Gasteiger partial charge in [0, 0.05) is 6.04 Å². The molecule has 14 heavy (non-hydrogen) atoms. The molecule has 1 aliphatic rings. The molecule has 2 N–H and O–H groups in total. The predicted molar refractivity (Wildman–Crippen MR) is 46.9 cm³/mol. The molecule has 0 aromatic carbocycles. The molecular weight excluding hydrogens is 195 g/mol. The van der Waals surface area contributed by atoms with Crippen LogP contribution in [-0.2, 0) is 0 Å². The first-order valence-corrected chi connectivity index (χ1v) is 4.97. The molecule has 0 heterocycles. The zero-order chi connectivity index (χ0) is 10.6. The Morgan fingerprint density at radius 3 is 2.21 bits per heavy atom. The van der Waals surface area contributed by atoms with Gasteiger partial charge in [0.2, 0.25) is 0 Å². The molecule has 0 amide bonds. The van der Waals surface area contributed by atoms with Gasteiger partial charge in [0.25, 0.3) is 0 Å². The van der Waals surface area contributed by atoms with E-state index in [1.165, 1.54) is 0 Å². The van der Waals surface area contributed by atoms with Crippen LogP contribution in [-0.4, -0.2) is 30.0 Å². The average molecular weight is 211 g/mol. The standard InChI is InChI=1S/C9H16F3NO/c10-9(11,12)8(6-14)13-7-4-2-1-3-5-7/h7-8,13-14H,1-6H2. The maximum absolute atomic E-state index is 12.3. The normalized spacial score (nSPS) is 22.3. The number of nitrogens with one attached hydrogen (secondary N) is 1. The van der Waals surface area contributed by atoms with Crippen molar-refractivity contribution in [3.63, 3.8) is 0 Å². The minimum Gasteiger partial charge on any atom is -0.394 e. The van der Waals surface area contributed by atoms with E-state index in [9.17, 15) is 13.2 Å². The van der Waals surface area contributed by atoms with E-state index in [2.05, 4.69) is 5.32 Å². The van der Waals surface area contributed by atoms with Crippen LogP contribution in [0.2, 0.25) is 0 Å². The second-order valence-electron chi connectivity index (χ2n) is 3.78. The summed E-state index contributed by atoms with van der Waals surface area (Å²) in [6, 6.07) is -1.84. The highest BCUT2D eigenvalue weighted by molar-refractivity contribution is 4.81. The third-order valence-corrected chi connectivity index (χ3v) is 2.62. The third-order valence-electron chi connectivity index (χ3n) is 2.62. The van der Waals surface area contributed by atoms with Crippen LogP contribution in [0.1, 0.15) is 32.1 Å². The zero-order valence-corrected chi connectivity index (χ0v) is 7.98. The van der Waals surface area contributed by atoms with Crippen LogP contribution in [0.4, 0.5) is 13.2 Å².